The van der Waals surface area contributed by atoms with Gasteiger partial charge < -0.3 is 19.5 Å². The predicted molar refractivity (Wildman–Crippen MR) is 93.3 cm³/mol. The Morgan fingerprint density at radius 1 is 1.00 bits per heavy atom. The largest absolute Gasteiger partial charge is 0.493 e. The van der Waals surface area contributed by atoms with Gasteiger partial charge in [0.05, 0.1) is 19.8 Å². The van der Waals surface area contributed by atoms with E-state index in [0.29, 0.717) is 11.5 Å². The normalized spacial score (nSPS) is 10.2. The van der Waals surface area contributed by atoms with Gasteiger partial charge in [-0.3, -0.25) is 9.59 Å². The number of rotatable bonds is 8. The van der Waals surface area contributed by atoms with E-state index in [0.717, 1.165) is 11.6 Å². The van der Waals surface area contributed by atoms with Crippen molar-refractivity contribution in [1.82, 2.24) is 5.32 Å². The molecule has 1 amide bonds. The first-order valence-corrected chi connectivity index (χ1v) is 7.85. The predicted octanol–water partition coefficient (Wildman–Crippen LogP) is 2.74. The van der Waals surface area contributed by atoms with Crippen molar-refractivity contribution < 1.29 is 28.2 Å². The summed E-state index contributed by atoms with van der Waals surface area (Å²) < 4.78 is 28.9. The number of hydrogen-bond donors (Lipinski definition) is 1. The fourth-order valence-corrected chi connectivity index (χ4v) is 2.29. The molecule has 0 fully saturated rings. The Bertz CT molecular complexity index is 807. The molecule has 0 aliphatic heterocycles. The minimum Gasteiger partial charge on any atom is -0.493 e. The quantitative estimate of drug-likeness (QED) is 0.732. The van der Waals surface area contributed by atoms with Crippen LogP contribution in [0.4, 0.5) is 4.39 Å². The van der Waals surface area contributed by atoms with Crippen LogP contribution < -0.4 is 19.5 Å². The highest BCUT2D eigenvalue weighted by Crippen LogP contribution is 2.27. The van der Waals surface area contributed by atoms with Gasteiger partial charge in [0.15, 0.2) is 23.9 Å². The molecule has 26 heavy (non-hydrogen) atoms. The maximum absolute atomic E-state index is 13.2. The van der Waals surface area contributed by atoms with Crippen molar-refractivity contribution in [2.75, 3.05) is 20.8 Å². The van der Waals surface area contributed by atoms with Crippen molar-refractivity contribution >= 4 is 11.7 Å². The minimum absolute atomic E-state index is 0.0951. The Morgan fingerprint density at radius 2 is 1.69 bits per heavy atom. The van der Waals surface area contributed by atoms with E-state index < -0.39 is 5.82 Å². The third kappa shape index (κ3) is 4.95. The molecule has 1 N–H and O–H groups in total. The van der Waals surface area contributed by atoms with Gasteiger partial charge in [-0.25, -0.2) is 4.39 Å². The molecule has 0 aliphatic rings. The molecule has 2 rings (SSSR count). The highest BCUT2D eigenvalue weighted by atomic mass is 19.1. The second-order valence-corrected chi connectivity index (χ2v) is 5.45. The molecule has 138 valence electrons. The van der Waals surface area contributed by atoms with Gasteiger partial charge in [-0.2, -0.15) is 0 Å². The van der Waals surface area contributed by atoms with Crippen molar-refractivity contribution in [2.45, 2.75) is 13.5 Å². The number of halogens is 1. The highest BCUT2D eigenvalue weighted by molar-refractivity contribution is 5.96. The van der Waals surface area contributed by atoms with E-state index in [9.17, 15) is 14.0 Å². The summed E-state index contributed by atoms with van der Waals surface area (Å²) in [4.78, 5) is 23.5. The van der Waals surface area contributed by atoms with Crippen LogP contribution in [0.25, 0.3) is 0 Å². The molecule has 7 heteroatoms. The molecule has 6 nitrogen and oxygen atoms in total. The van der Waals surface area contributed by atoms with Crippen LogP contribution in [-0.4, -0.2) is 32.5 Å². The first-order chi connectivity index (χ1) is 12.4. The van der Waals surface area contributed by atoms with Gasteiger partial charge >= 0.3 is 0 Å². The summed E-state index contributed by atoms with van der Waals surface area (Å²) in [6, 6.07) is 8.88. The lowest BCUT2D eigenvalue weighted by atomic mass is 10.1. The SMILES string of the molecule is COc1ccc(CNC(=O)COc2ccc(F)cc2C(C)=O)cc1OC. The number of nitrogens with one attached hydrogen (secondary N) is 1. The summed E-state index contributed by atoms with van der Waals surface area (Å²) in [5, 5.41) is 2.70. The Morgan fingerprint density at radius 3 is 2.35 bits per heavy atom. The number of ketones is 1. The van der Waals surface area contributed by atoms with Gasteiger partial charge in [0, 0.05) is 6.54 Å². The average molecular weight is 361 g/mol. The van der Waals surface area contributed by atoms with Crippen LogP contribution in [0, 0.1) is 5.82 Å². The highest BCUT2D eigenvalue weighted by Gasteiger charge is 2.12. The van der Waals surface area contributed by atoms with E-state index in [-0.39, 0.29) is 36.2 Å². The average Bonchev–Trinajstić information content (AvgIpc) is 2.64. The van der Waals surface area contributed by atoms with E-state index in [1.54, 1.807) is 25.3 Å². The van der Waals surface area contributed by atoms with Crippen LogP contribution in [0.2, 0.25) is 0 Å². The molecule has 0 saturated heterocycles. The van der Waals surface area contributed by atoms with Gasteiger partial charge in [-0.05, 0) is 42.8 Å². The van der Waals surface area contributed by atoms with E-state index in [1.807, 2.05) is 0 Å². The monoisotopic (exact) mass is 361 g/mol. The number of hydrogen-bond acceptors (Lipinski definition) is 5. The van der Waals surface area contributed by atoms with Crippen molar-refractivity contribution in [3.63, 3.8) is 0 Å². The van der Waals surface area contributed by atoms with E-state index in [1.165, 1.54) is 26.2 Å². The van der Waals surface area contributed by atoms with Gasteiger partial charge in [0.25, 0.3) is 5.91 Å². The first kappa shape index (κ1) is 19.2. The van der Waals surface area contributed by atoms with Crippen LogP contribution in [0.3, 0.4) is 0 Å². The van der Waals surface area contributed by atoms with Crippen LogP contribution in [0.5, 0.6) is 17.2 Å². The molecular weight excluding hydrogens is 341 g/mol. The lowest BCUT2D eigenvalue weighted by molar-refractivity contribution is -0.123. The minimum atomic E-state index is -0.541. The maximum Gasteiger partial charge on any atom is 0.258 e. The molecule has 2 aromatic rings. The van der Waals surface area contributed by atoms with E-state index in [4.69, 9.17) is 14.2 Å². The summed E-state index contributed by atoms with van der Waals surface area (Å²) in [6.45, 7) is 1.28. The number of ether oxygens (including phenoxy) is 3. The first-order valence-electron chi connectivity index (χ1n) is 7.85. The second kappa shape index (κ2) is 8.84. The van der Waals surface area contributed by atoms with Crippen LogP contribution in [0.1, 0.15) is 22.8 Å². The zero-order valence-electron chi connectivity index (χ0n) is 14.8. The molecule has 0 aromatic heterocycles. The Labute approximate surface area is 150 Å². The fraction of sp³-hybridized carbons (Fsp3) is 0.263. The third-order valence-electron chi connectivity index (χ3n) is 3.62. The Balaban J connectivity index is 1.93. The van der Waals surface area contributed by atoms with Gasteiger partial charge in [0.2, 0.25) is 0 Å². The molecule has 0 aliphatic carbocycles. The van der Waals surface area contributed by atoms with Crippen molar-refractivity contribution in [2.24, 2.45) is 0 Å². The topological polar surface area (TPSA) is 73.9 Å². The van der Waals surface area contributed by atoms with Crippen molar-refractivity contribution in [1.29, 1.82) is 0 Å². The zero-order chi connectivity index (χ0) is 19.1. The number of carbonyl (C=O) groups is 2. The number of amides is 1. The van der Waals surface area contributed by atoms with Crippen molar-refractivity contribution in [3.8, 4) is 17.2 Å². The second-order valence-electron chi connectivity index (χ2n) is 5.45. The maximum atomic E-state index is 13.2. The molecule has 2 aromatic carbocycles. The summed E-state index contributed by atoms with van der Waals surface area (Å²) >= 11 is 0. The van der Waals surface area contributed by atoms with Crippen LogP contribution in [-0.2, 0) is 11.3 Å². The molecule has 0 heterocycles. The van der Waals surface area contributed by atoms with Crippen LogP contribution >= 0.6 is 0 Å². The van der Waals surface area contributed by atoms with Gasteiger partial charge in [-0.1, -0.05) is 6.07 Å². The molecule has 0 bridgehead atoms. The number of Topliss-reactive ketones (excluding diaryl/α,β-unsaturated/α-hetero) is 1. The Kier molecular flexibility index (Phi) is 6.54. The molecule has 0 radical (unpaired) electrons. The van der Waals surface area contributed by atoms with Gasteiger partial charge in [-0.15, -0.1) is 0 Å². The van der Waals surface area contributed by atoms with Crippen LogP contribution in [0.15, 0.2) is 36.4 Å². The lowest BCUT2D eigenvalue weighted by Gasteiger charge is -2.12. The summed E-state index contributed by atoms with van der Waals surface area (Å²) in [7, 11) is 3.07. The molecule has 0 spiro atoms. The number of methoxy groups -OCH3 is 2. The van der Waals surface area contributed by atoms with Gasteiger partial charge in [0.1, 0.15) is 11.6 Å². The third-order valence-corrected chi connectivity index (χ3v) is 3.62. The molecule has 0 atom stereocenters. The lowest BCUT2D eigenvalue weighted by Crippen LogP contribution is -2.28. The van der Waals surface area contributed by atoms with Crippen molar-refractivity contribution in [3.05, 3.63) is 53.3 Å². The Hall–Kier alpha value is -3.09. The molecular formula is C19H20FNO5. The smallest absolute Gasteiger partial charge is 0.258 e. The summed E-state index contributed by atoms with van der Waals surface area (Å²) in [5.41, 5.74) is 0.917. The van der Waals surface area contributed by atoms with E-state index in [2.05, 4.69) is 5.32 Å². The fourth-order valence-electron chi connectivity index (χ4n) is 2.29. The summed E-state index contributed by atoms with van der Waals surface area (Å²) in [5.74, 6) is 0.0661. The zero-order valence-corrected chi connectivity index (χ0v) is 14.8. The molecule has 0 saturated carbocycles. The number of benzene rings is 2. The standard InChI is InChI=1S/C19H20FNO5/c1-12(22)15-9-14(20)5-7-16(15)26-11-19(23)21-10-13-4-6-17(24-2)18(8-13)25-3/h4-9H,10-11H2,1-3H3,(H,21,23). The number of carbonyl (C=O) groups excluding carboxylic acids is 2. The molecule has 0 unspecified atom stereocenters. The summed E-state index contributed by atoms with van der Waals surface area (Å²) in [6.07, 6.45) is 0. The van der Waals surface area contributed by atoms with E-state index >= 15 is 0 Å².